The van der Waals surface area contributed by atoms with Crippen LogP contribution in [0.5, 0.6) is 0 Å². The van der Waals surface area contributed by atoms with Gasteiger partial charge in [0.2, 0.25) is 0 Å². The number of aryl methyl sites for hydroxylation is 2. The van der Waals surface area contributed by atoms with Gasteiger partial charge in [0.1, 0.15) is 0 Å². The average Bonchev–Trinajstić information content (AvgIpc) is 2.48. The third-order valence-electron chi connectivity index (χ3n) is 3.21. The van der Waals surface area contributed by atoms with Crippen molar-refractivity contribution in [3.63, 3.8) is 0 Å². The minimum atomic E-state index is -0.556. The fourth-order valence-corrected chi connectivity index (χ4v) is 2.30. The van der Waals surface area contributed by atoms with Crippen molar-refractivity contribution in [1.82, 2.24) is 4.57 Å². The normalized spacial score (nSPS) is 10.5. The number of hydrogen-bond donors (Lipinski definition) is 0. The maximum atomic E-state index is 12.1. The summed E-state index contributed by atoms with van der Waals surface area (Å²) < 4.78 is 2.08. The standard InChI is InChI=1S/C15H13BrN2O4/c1-10-8-13(18(21)22)9-17(15(10)20)7-6-14(19)11-2-4-12(16)5-3-11/h2-5,8-9H,6-7H2,1H3. The van der Waals surface area contributed by atoms with E-state index in [9.17, 15) is 19.7 Å². The van der Waals surface area contributed by atoms with Gasteiger partial charge in [0.15, 0.2) is 5.78 Å². The summed E-state index contributed by atoms with van der Waals surface area (Å²) in [5.74, 6) is -0.122. The van der Waals surface area contributed by atoms with Crippen molar-refractivity contribution in [2.45, 2.75) is 19.9 Å². The van der Waals surface area contributed by atoms with E-state index in [0.29, 0.717) is 5.56 Å². The van der Waals surface area contributed by atoms with Gasteiger partial charge in [-0.05, 0) is 19.1 Å². The fourth-order valence-electron chi connectivity index (χ4n) is 2.03. The molecular formula is C15H13BrN2O4. The second kappa shape index (κ2) is 6.65. The number of aromatic nitrogens is 1. The molecule has 22 heavy (non-hydrogen) atoms. The highest BCUT2D eigenvalue weighted by Gasteiger charge is 2.13. The summed E-state index contributed by atoms with van der Waals surface area (Å²) in [5.41, 5.74) is 0.339. The summed E-state index contributed by atoms with van der Waals surface area (Å²) in [5, 5.41) is 10.8. The smallest absolute Gasteiger partial charge is 0.286 e. The molecule has 1 aromatic heterocycles. The molecule has 0 bridgehead atoms. The van der Waals surface area contributed by atoms with Gasteiger partial charge in [0.05, 0.1) is 11.1 Å². The number of halogens is 1. The van der Waals surface area contributed by atoms with Crippen LogP contribution >= 0.6 is 15.9 Å². The predicted octanol–water partition coefficient (Wildman–Crippen LogP) is 3.10. The number of rotatable bonds is 5. The number of benzene rings is 1. The van der Waals surface area contributed by atoms with Crippen LogP contribution in [-0.2, 0) is 6.54 Å². The van der Waals surface area contributed by atoms with Crippen molar-refractivity contribution in [3.05, 3.63) is 72.6 Å². The highest BCUT2D eigenvalue weighted by Crippen LogP contribution is 2.13. The lowest BCUT2D eigenvalue weighted by Gasteiger charge is -2.06. The van der Waals surface area contributed by atoms with Crippen LogP contribution in [0.4, 0.5) is 5.69 Å². The quantitative estimate of drug-likeness (QED) is 0.463. The molecule has 6 nitrogen and oxygen atoms in total. The number of hydrogen-bond acceptors (Lipinski definition) is 4. The Labute approximate surface area is 134 Å². The van der Waals surface area contributed by atoms with Crippen LogP contribution in [0.2, 0.25) is 0 Å². The number of carbonyl (C=O) groups is 1. The van der Waals surface area contributed by atoms with E-state index >= 15 is 0 Å². The molecule has 0 aliphatic rings. The first-order valence-corrected chi connectivity index (χ1v) is 7.32. The van der Waals surface area contributed by atoms with Gasteiger partial charge in [-0.3, -0.25) is 19.7 Å². The van der Waals surface area contributed by atoms with E-state index in [0.717, 1.165) is 4.47 Å². The first-order chi connectivity index (χ1) is 10.4. The topological polar surface area (TPSA) is 82.2 Å². The van der Waals surface area contributed by atoms with E-state index in [-0.39, 0.29) is 35.6 Å². The molecule has 0 atom stereocenters. The van der Waals surface area contributed by atoms with Crippen molar-refractivity contribution >= 4 is 27.4 Å². The molecule has 0 unspecified atom stereocenters. The Kier molecular flexibility index (Phi) is 4.87. The molecule has 7 heteroatoms. The van der Waals surface area contributed by atoms with E-state index in [1.807, 2.05) is 0 Å². The minimum Gasteiger partial charge on any atom is -0.308 e. The molecular weight excluding hydrogens is 352 g/mol. The molecule has 0 aliphatic carbocycles. The molecule has 0 amide bonds. The van der Waals surface area contributed by atoms with Gasteiger partial charge in [0.25, 0.3) is 11.2 Å². The zero-order valence-electron chi connectivity index (χ0n) is 11.8. The molecule has 2 rings (SSSR count). The van der Waals surface area contributed by atoms with Crippen LogP contribution in [0, 0.1) is 17.0 Å². The monoisotopic (exact) mass is 364 g/mol. The first kappa shape index (κ1) is 16.1. The maximum absolute atomic E-state index is 12.1. The van der Waals surface area contributed by atoms with Crippen LogP contribution in [0.1, 0.15) is 22.3 Å². The van der Waals surface area contributed by atoms with Gasteiger partial charge in [-0.1, -0.05) is 28.1 Å². The summed E-state index contributed by atoms with van der Waals surface area (Å²) in [4.78, 5) is 34.3. The molecule has 0 aliphatic heterocycles. The van der Waals surface area contributed by atoms with Crippen LogP contribution < -0.4 is 5.56 Å². The predicted molar refractivity (Wildman–Crippen MR) is 85.2 cm³/mol. The summed E-state index contributed by atoms with van der Waals surface area (Å²) in [6, 6.07) is 8.13. The Morgan fingerprint density at radius 1 is 1.32 bits per heavy atom. The Morgan fingerprint density at radius 3 is 2.55 bits per heavy atom. The Bertz CT molecular complexity index is 781. The minimum absolute atomic E-state index is 0.0994. The third-order valence-corrected chi connectivity index (χ3v) is 3.74. The second-order valence-electron chi connectivity index (χ2n) is 4.82. The lowest BCUT2D eigenvalue weighted by atomic mass is 10.1. The molecule has 2 aromatic rings. The molecule has 0 saturated carbocycles. The average molecular weight is 365 g/mol. The van der Waals surface area contributed by atoms with Gasteiger partial charge in [-0.25, -0.2) is 0 Å². The number of carbonyl (C=O) groups excluding carboxylic acids is 1. The first-order valence-electron chi connectivity index (χ1n) is 6.52. The zero-order chi connectivity index (χ0) is 16.3. The van der Waals surface area contributed by atoms with Gasteiger partial charge < -0.3 is 4.57 Å². The van der Waals surface area contributed by atoms with Crippen LogP contribution in [0.15, 0.2) is 45.8 Å². The molecule has 1 aromatic carbocycles. The Morgan fingerprint density at radius 2 is 1.95 bits per heavy atom. The van der Waals surface area contributed by atoms with Crippen molar-refractivity contribution < 1.29 is 9.72 Å². The fraction of sp³-hybridized carbons (Fsp3) is 0.200. The maximum Gasteiger partial charge on any atom is 0.286 e. The zero-order valence-corrected chi connectivity index (χ0v) is 13.4. The largest absolute Gasteiger partial charge is 0.308 e. The molecule has 0 spiro atoms. The van der Waals surface area contributed by atoms with Gasteiger partial charge in [0, 0.05) is 34.6 Å². The number of ketones is 1. The summed E-state index contributed by atoms with van der Waals surface area (Å²) in [6.07, 6.45) is 1.27. The highest BCUT2D eigenvalue weighted by molar-refractivity contribution is 9.10. The number of nitrogens with zero attached hydrogens (tertiary/aromatic N) is 2. The lowest BCUT2D eigenvalue weighted by molar-refractivity contribution is -0.385. The molecule has 114 valence electrons. The van der Waals surface area contributed by atoms with Crippen molar-refractivity contribution in [3.8, 4) is 0 Å². The number of nitro groups is 1. The molecule has 0 fully saturated rings. The summed E-state index contributed by atoms with van der Waals surface area (Å²) in [7, 11) is 0. The Balaban J connectivity index is 2.17. The van der Waals surface area contributed by atoms with E-state index in [1.165, 1.54) is 23.8 Å². The second-order valence-corrected chi connectivity index (χ2v) is 5.73. The van der Waals surface area contributed by atoms with Crippen LogP contribution in [0.25, 0.3) is 0 Å². The summed E-state index contributed by atoms with van der Waals surface area (Å²) in [6.45, 7) is 1.62. The third kappa shape index (κ3) is 3.67. The van der Waals surface area contributed by atoms with E-state index in [4.69, 9.17) is 0 Å². The number of Topliss-reactive ketones (excluding diaryl/α,β-unsaturated/α-hetero) is 1. The van der Waals surface area contributed by atoms with Crippen molar-refractivity contribution in [2.75, 3.05) is 0 Å². The van der Waals surface area contributed by atoms with Crippen LogP contribution in [-0.4, -0.2) is 15.3 Å². The molecule has 0 N–H and O–H groups in total. The molecule has 0 saturated heterocycles. The van der Waals surface area contributed by atoms with Gasteiger partial charge >= 0.3 is 0 Å². The van der Waals surface area contributed by atoms with E-state index in [1.54, 1.807) is 24.3 Å². The van der Waals surface area contributed by atoms with Crippen LogP contribution in [0.3, 0.4) is 0 Å². The molecule has 1 heterocycles. The Hall–Kier alpha value is -2.28. The number of pyridine rings is 1. The lowest BCUT2D eigenvalue weighted by Crippen LogP contribution is -2.23. The van der Waals surface area contributed by atoms with E-state index in [2.05, 4.69) is 15.9 Å². The highest BCUT2D eigenvalue weighted by atomic mass is 79.9. The van der Waals surface area contributed by atoms with Gasteiger partial charge in [-0.2, -0.15) is 0 Å². The molecule has 0 radical (unpaired) electrons. The van der Waals surface area contributed by atoms with Crippen molar-refractivity contribution in [1.29, 1.82) is 0 Å². The van der Waals surface area contributed by atoms with Gasteiger partial charge in [-0.15, -0.1) is 0 Å². The SMILES string of the molecule is Cc1cc([N+](=O)[O-])cn(CCC(=O)c2ccc(Br)cc2)c1=O. The summed E-state index contributed by atoms with van der Waals surface area (Å²) >= 11 is 3.29. The van der Waals surface area contributed by atoms with E-state index < -0.39 is 4.92 Å². The van der Waals surface area contributed by atoms with Crippen molar-refractivity contribution in [2.24, 2.45) is 0 Å².